The molecule has 0 saturated carbocycles. The second-order valence-corrected chi connectivity index (χ2v) is 3.84. The Bertz CT molecular complexity index is 334. The van der Waals surface area contributed by atoms with E-state index in [4.69, 9.17) is 4.42 Å². The molecule has 2 N–H and O–H groups in total. The van der Waals surface area contributed by atoms with Crippen LogP contribution in [0.1, 0.15) is 37.8 Å². The van der Waals surface area contributed by atoms with Crippen LogP contribution in [-0.2, 0) is 4.79 Å². The molecule has 0 fully saturated rings. The van der Waals surface area contributed by atoms with E-state index < -0.39 is 0 Å². The third-order valence-electron chi connectivity index (χ3n) is 2.34. The summed E-state index contributed by atoms with van der Waals surface area (Å²) >= 11 is 0. The third kappa shape index (κ3) is 4.06. The van der Waals surface area contributed by atoms with Crippen LogP contribution in [0, 0.1) is 6.92 Å². The van der Waals surface area contributed by atoms with Gasteiger partial charge in [-0.25, -0.2) is 0 Å². The molecule has 0 aliphatic rings. The van der Waals surface area contributed by atoms with Crippen molar-refractivity contribution in [2.75, 3.05) is 13.1 Å². The number of nitrogens with one attached hydrogen (secondary N) is 2. The van der Waals surface area contributed by atoms with E-state index in [0.717, 1.165) is 18.1 Å². The molecule has 1 aromatic heterocycles. The smallest absolute Gasteiger partial charge is 0.221 e. The van der Waals surface area contributed by atoms with Crippen LogP contribution >= 0.6 is 0 Å². The maximum atomic E-state index is 11.5. The van der Waals surface area contributed by atoms with Gasteiger partial charge in [-0.15, -0.1) is 0 Å². The van der Waals surface area contributed by atoms with Gasteiger partial charge in [-0.3, -0.25) is 4.79 Å². The number of rotatable bonds is 6. The molecule has 4 heteroatoms. The van der Waals surface area contributed by atoms with Crippen molar-refractivity contribution in [3.05, 3.63) is 23.7 Å². The zero-order valence-electron chi connectivity index (χ0n) is 10.2. The fourth-order valence-electron chi connectivity index (χ4n) is 1.45. The van der Waals surface area contributed by atoms with Gasteiger partial charge in [-0.1, -0.05) is 6.92 Å². The Morgan fingerprint density at radius 1 is 1.50 bits per heavy atom. The van der Waals surface area contributed by atoms with Gasteiger partial charge in [0.2, 0.25) is 5.91 Å². The summed E-state index contributed by atoms with van der Waals surface area (Å²) in [5.74, 6) is 1.71. The molecule has 0 spiro atoms. The summed E-state index contributed by atoms with van der Waals surface area (Å²) in [5, 5.41) is 6.01. The topological polar surface area (TPSA) is 54.3 Å². The van der Waals surface area contributed by atoms with Gasteiger partial charge >= 0.3 is 0 Å². The van der Waals surface area contributed by atoms with E-state index in [2.05, 4.69) is 10.6 Å². The van der Waals surface area contributed by atoms with Crippen molar-refractivity contribution in [2.24, 2.45) is 0 Å². The first-order valence-electron chi connectivity index (χ1n) is 5.70. The highest BCUT2D eigenvalue weighted by Crippen LogP contribution is 2.15. The van der Waals surface area contributed by atoms with Gasteiger partial charge in [0.15, 0.2) is 0 Å². The summed E-state index contributed by atoms with van der Waals surface area (Å²) in [6, 6.07) is 3.73. The van der Waals surface area contributed by atoms with E-state index in [1.807, 2.05) is 32.9 Å². The van der Waals surface area contributed by atoms with Crippen LogP contribution in [0.3, 0.4) is 0 Å². The highest BCUT2D eigenvalue weighted by atomic mass is 16.3. The van der Waals surface area contributed by atoms with Crippen molar-refractivity contribution in [1.29, 1.82) is 0 Å². The molecule has 0 aromatic carbocycles. The molecular weight excluding hydrogens is 204 g/mol. The Morgan fingerprint density at radius 2 is 2.25 bits per heavy atom. The predicted molar refractivity (Wildman–Crippen MR) is 63.2 cm³/mol. The van der Waals surface area contributed by atoms with Gasteiger partial charge in [0.05, 0.1) is 6.04 Å². The third-order valence-corrected chi connectivity index (χ3v) is 2.34. The van der Waals surface area contributed by atoms with Gasteiger partial charge in [0.1, 0.15) is 11.5 Å². The number of hydrogen-bond acceptors (Lipinski definition) is 3. The summed E-state index contributed by atoms with van der Waals surface area (Å²) in [4.78, 5) is 11.5. The minimum Gasteiger partial charge on any atom is -0.464 e. The van der Waals surface area contributed by atoms with E-state index in [1.54, 1.807) is 0 Å². The van der Waals surface area contributed by atoms with Crippen molar-refractivity contribution in [3.8, 4) is 0 Å². The summed E-state index contributed by atoms with van der Waals surface area (Å²) in [5.41, 5.74) is 0. The van der Waals surface area contributed by atoms with Gasteiger partial charge in [0.25, 0.3) is 0 Å². The van der Waals surface area contributed by atoms with Crippen molar-refractivity contribution in [1.82, 2.24) is 10.6 Å². The first-order valence-corrected chi connectivity index (χ1v) is 5.70. The molecule has 1 atom stereocenters. The summed E-state index contributed by atoms with van der Waals surface area (Å²) in [6.45, 7) is 7.44. The zero-order chi connectivity index (χ0) is 12.0. The lowest BCUT2D eigenvalue weighted by Gasteiger charge is -2.11. The molecule has 1 heterocycles. The van der Waals surface area contributed by atoms with Crippen LogP contribution in [0.25, 0.3) is 0 Å². The number of carbonyl (C=O) groups is 1. The Hall–Kier alpha value is -1.29. The fraction of sp³-hybridized carbons (Fsp3) is 0.583. The minimum absolute atomic E-state index is 0.0440. The quantitative estimate of drug-likeness (QED) is 0.724. The van der Waals surface area contributed by atoms with Crippen molar-refractivity contribution < 1.29 is 9.21 Å². The largest absolute Gasteiger partial charge is 0.464 e. The van der Waals surface area contributed by atoms with Gasteiger partial charge in [-0.2, -0.15) is 0 Å². The van der Waals surface area contributed by atoms with Crippen LogP contribution < -0.4 is 10.6 Å². The maximum absolute atomic E-state index is 11.5. The van der Waals surface area contributed by atoms with Crippen LogP contribution in [0.5, 0.6) is 0 Å². The molecule has 1 aromatic rings. The molecule has 0 radical (unpaired) electrons. The molecule has 1 amide bonds. The van der Waals surface area contributed by atoms with Crippen molar-refractivity contribution in [3.63, 3.8) is 0 Å². The lowest BCUT2D eigenvalue weighted by Crippen LogP contribution is -2.29. The number of hydrogen-bond donors (Lipinski definition) is 2. The highest BCUT2D eigenvalue weighted by molar-refractivity contribution is 5.76. The minimum atomic E-state index is -0.0668. The molecule has 0 aliphatic heterocycles. The van der Waals surface area contributed by atoms with Crippen LogP contribution in [0.2, 0.25) is 0 Å². The summed E-state index contributed by atoms with van der Waals surface area (Å²) in [7, 11) is 0. The first kappa shape index (κ1) is 12.8. The van der Waals surface area contributed by atoms with Crippen LogP contribution in [-0.4, -0.2) is 19.0 Å². The van der Waals surface area contributed by atoms with E-state index in [1.165, 1.54) is 0 Å². The van der Waals surface area contributed by atoms with E-state index in [-0.39, 0.29) is 11.9 Å². The molecule has 0 saturated heterocycles. The summed E-state index contributed by atoms with van der Waals surface area (Å²) < 4.78 is 5.44. The Morgan fingerprint density at radius 3 is 2.81 bits per heavy atom. The average molecular weight is 224 g/mol. The number of carbonyl (C=O) groups excluding carboxylic acids is 1. The second kappa shape index (κ2) is 6.33. The lowest BCUT2D eigenvalue weighted by atomic mass is 10.2. The van der Waals surface area contributed by atoms with Crippen LogP contribution in [0.4, 0.5) is 0 Å². The number of amides is 1. The molecule has 90 valence electrons. The van der Waals surface area contributed by atoms with Gasteiger partial charge in [-0.05, 0) is 32.5 Å². The Labute approximate surface area is 96.4 Å². The first-order chi connectivity index (χ1) is 7.63. The second-order valence-electron chi connectivity index (χ2n) is 3.84. The Kier molecular flexibility index (Phi) is 5.05. The molecule has 1 unspecified atom stereocenters. The zero-order valence-corrected chi connectivity index (χ0v) is 10.2. The standard InChI is InChI=1S/C12H20N2O2/c1-4-13-8-7-12(15)14-10(3)11-6-5-9(2)16-11/h5-6,10,13H,4,7-8H2,1-3H3,(H,14,15). The molecule has 16 heavy (non-hydrogen) atoms. The molecular formula is C12H20N2O2. The molecule has 1 rings (SSSR count). The monoisotopic (exact) mass is 224 g/mol. The van der Waals surface area contributed by atoms with Gasteiger partial charge in [0, 0.05) is 13.0 Å². The molecule has 4 nitrogen and oxygen atoms in total. The van der Waals surface area contributed by atoms with Crippen molar-refractivity contribution >= 4 is 5.91 Å². The lowest BCUT2D eigenvalue weighted by molar-refractivity contribution is -0.121. The number of aryl methyl sites for hydroxylation is 1. The predicted octanol–water partition coefficient (Wildman–Crippen LogP) is 1.76. The SMILES string of the molecule is CCNCCC(=O)NC(C)c1ccc(C)o1. The summed E-state index contributed by atoms with van der Waals surface area (Å²) in [6.07, 6.45) is 0.498. The molecule has 0 bridgehead atoms. The fourth-order valence-corrected chi connectivity index (χ4v) is 1.45. The van der Waals surface area contributed by atoms with E-state index >= 15 is 0 Å². The van der Waals surface area contributed by atoms with E-state index in [0.29, 0.717) is 13.0 Å². The normalized spacial score (nSPS) is 12.4. The Balaban J connectivity index is 2.33. The average Bonchev–Trinajstić information content (AvgIpc) is 2.65. The van der Waals surface area contributed by atoms with Crippen LogP contribution in [0.15, 0.2) is 16.5 Å². The maximum Gasteiger partial charge on any atom is 0.221 e. The highest BCUT2D eigenvalue weighted by Gasteiger charge is 2.11. The van der Waals surface area contributed by atoms with Crippen molar-refractivity contribution in [2.45, 2.75) is 33.2 Å². The number of furan rings is 1. The van der Waals surface area contributed by atoms with Gasteiger partial charge < -0.3 is 15.1 Å². The molecule has 0 aliphatic carbocycles. The van der Waals surface area contributed by atoms with E-state index in [9.17, 15) is 4.79 Å².